The third-order valence-corrected chi connectivity index (χ3v) is 4.08. The highest BCUT2D eigenvalue weighted by Crippen LogP contribution is 2.21. The molecule has 3 nitrogen and oxygen atoms in total. The Bertz CT molecular complexity index is 286. The van der Waals surface area contributed by atoms with Crippen LogP contribution in [0.2, 0.25) is 0 Å². The fourth-order valence-corrected chi connectivity index (χ4v) is 2.74. The average molecular weight is 282 g/mol. The number of ketones is 1. The fourth-order valence-electron chi connectivity index (χ4n) is 2.74. The van der Waals surface area contributed by atoms with Crippen LogP contribution in [0.15, 0.2) is 0 Å². The van der Waals surface area contributed by atoms with Crippen LogP contribution in [0.1, 0.15) is 84.0 Å². The van der Waals surface area contributed by atoms with Crippen LogP contribution in [-0.2, 0) is 14.3 Å². The third-order valence-electron chi connectivity index (χ3n) is 4.08. The molecule has 0 radical (unpaired) electrons. The lowest BCUT2D eigenvalue weighted by Gasteiger charge is -2.18. The molecule has 0 aromatic heterocycles. The van der Waals surface area contributed by atoms with Crippen LogP contribution >= 0.6 is 0 Å². The van der Waals surface area contributed by atoms with Crippen molar-refractivity contribution in [1.29, 1.82) is 0 Å². The highest BCUT2D eigenvalue weighted by atomic mass is 16.5. The van der Waals surface area contributed by atoms with Gasteiger partial charge in [0.15, 0.2) is 0 Å². The number of hydrogen-bond donors (Lipinski definition) is 0. The van der Waals surface area contributed by atoms with E-state index in [1.165, 1.54) is 38.5 Å². The second kappa shape index (κ2) is 10.9. The summed E-state index contributed by atoms with van der Waals surface area (Å²) in [6, 6.07) is 0. The molecule has 0 saturated heterocycles. The largest absolute Gasteiger partial charge is 0.465 e. The Kier molecular flexibility index (Phi) is 9.35. The zero-order chi connectivity index (χ0) is 14.6. The van der Waals surface area contributed by atoms with Crippen LogP contribution in [0.3, 0.4) is 0 Å². The van der Waals surface area contributed by atoms with Crippen molar-refractivity contribution in [2.24, 2.45) is 5.92 Å². The van der Waals surface area contributed by atoms with Gasteiger partial charge in [-0.25, -0.2) is 0 Å². The minimum atomic E-state index is -0.460. The Morgan fingerprint density at radius 3 is 2.35 bits per heavy atom. The first-order valence-corrected chi connectivity index (χ1v) is 8.45. The van der Waals surface area contributed by atoms with Crippen molar-refractivity contribution in [3.05, 3.63) is 0 Å². The summed E-state index contributed by atoms with van der Waals surface area (Å²) in [4.78, 5) is 23.4. The number of ether oxygens (including phenoxy) is 1. The molecular formula is C17H30O3. The molecule has 0 spiro atoms. The standard InChI is InChI=1S/C17H30O3/c1-2-3-4-5-6-7-8-11-14-20-17(19)15-12-9-10-13-16(15)18/h15H,2-14H2,1H3. The topological polar surface area (TPSA) is 43.4 Å². The molecule has 0 heterocycles. The Morgan fingerprint density at radius 2 is 1.70 bits per heavy atom. The minimum absolute atomic E-state index is 0.0807. The Hall–Kier alpha value is -0.860. The van der Waals surface area contributed by atoms with Gasteiger partial charge in [-0.1, -0.05) is 58.3 Å². The van der Waals surface area contributed by atoms with Gasteiger partial charge in [-0.05, 0) is 19.3 Å². The second-order valence-corrected chi connectivity index (χ2v) is 5.91. The van der Waals surface area contributed by atoms with E-state index in [4.69, 9.17) is 4.74 Å². The molecule has 3 heteroatoms. The summed E-state index contributed by atoms with van der Waals surface area (Å²) in [7, 11) is 0. The SMILES string of the molecule is CCCCCCCCCCOC(=O)C1CCCCC1=O. The maximum absolute atomic E-state index is 11.8. The van der Waals surface area contributed by atoms with E-state index < -0.39 is 5.92 Å². The van der Waals surface area contributed by atoms with E-state index >= 15 is 0 Å². The molecule has 0 amide bonds. The van der Waals surface area contributed by atoms with Crippen molar-refractivity contribution in [2.75, 3.05) is 6.61 Å². The maximum atomic E-state index is 11.8. The highest BCUT2D eigenvalue weighted by molar-refractivity contribution is 5.99. The number of Topliss-reactive ketones (excluding diaryl/α,β-unsaturated/α-hetero) is 1. The van der Waals surface area contributed by atoms with Gasteiger partial charge in [0.05, 0.1) is 6.61 Å². The van der Waals surface area contributed by atoms with Crippen LogP contribution < -0.4 is 0 Å². The molecule has 0 aromatic rings. The molecule has 116 valence electrons. The molecule has 1 aliphatic carbocycles. The van der Waals surface area contributed by atoms with E-state index in [1.807, 2.05) is 0 Å². The van der Waals surface area contributed by atoms with Crippen molar-refractivity contribution < 1.29 is 14.3 Å². The van der Waals surface area contributed by atoms with Gasteiger partial charge in [-0.15, -0.1) is 0 Å². The van der Waals surface area contributed by atoms with Crippen LogP contribution in [0, 0.1) is 5.92 Å². The minimum Gasteiger partial charge on any atom is -0.465 e. The van der Waals surface area contributed by atoms with Gasteiger partial charge in [-0.2, -0.15) is 0 Å². The molecule has 0 bridgehead atoms. The first-order valence-electron chi connectivity index (χ1n) is 8.45. The van der Waals surface area contributed by atoms with Crippen LogP contribution in [0.5, 0.6) is 0 Å². The molecule has 1 atom stereocenters. The van der Waals surface area contributed by atoms with Crippen molar-refractivity contribution in [3.8, 4) is 0 Å². The van der Waals surface area contributed by atoms with Crippen molar-refractivity contribution in [1.82, 2.24) is 0 Å². The maximum Gasteiger partial charge on any atom is 0.316 e. The number of hydrogen-bond acceptors (Lipinski definition) is 3. The van der Waals surface area contributed by atoms with Crippen molar-refractivity contribution in [3.63, 3.8) is 0 Å². The molecule has 0 aromatic carbocycles. The van der Waals surface area contributed by atoms with Gasteiger partial charge >= 0.3 is 5.97 Å². The molecule has 0 N–H and O–H groups in total. The number of unbranched alkanes of at least 4 members (excludes halogenated alkanes) is 7. The van der Waals surface area contributed by atoms with Gasteiger partial charge in [0.1, 0.15) is 11.7 Å². The van der Waals surface area contributed by atoms with Gasteiger partial charge in [-0.3, -0.25) is 9.59 Å². The lowest BCUT2D eigenvalue weighted by atomic mass is 9.88. The summed E-state index contributed by atoms with van der Waals surface area (Å²) in [6.45, 7) is 2.71. The van der Waals surface area contributed by atoms with E-state index in [2.05, 4.69) is 6.92 Å². The molecule has 0 aliphatic heterocycles. The summed E-state index contributed by atoms with van der Waals surface area (Å²) in [5.74, 6) is -0.660. The third kappa shape index (κ3) is 7.06. The molecule has 20 heavy (non-hydrogen) atoms. The van der Waals surface area contributed by atoms with Crippen LogP contribution in [0.4, 0.5) is 0 Å². The zero-order valence-corrected chi connectivity index (χ0v) is 13.0. The molecule has 1 rings (SSSR count). The molecule has 1 saturated carbocycles. The molecule has 1 unspecified atom stereocenters. The molecule has 1 fully saturated rings. The molecular weight excluding hydrogens is 252 g/mol. The van der Waals surface area contributed by atoms with E-state index in [0.29, 0.717) is 19.4 Å². The fraction of sp³-hybridized carbons (Fsp3) is 0.882. The predicted molar refractivity (Wildman–Crippen MR) is 80.5 cm³/mol. The van der Waals surface area contributed by atoms with E-state index in [9.17, 15) is 9.59 Å². The smallest absolute Gasteiger partial charge is 0.316 e. The molecule has 1 aliphatic rings. The highest BCUT2D eigenvalue weighted by Gasteiger charge is 2.29. The average Bonchev–Trinajstić information content (AvgIpc) is 2.46. The number of esters is 1. The first kappa shape index (κ1) is 17.2. The Balaban J connectivity index is 1.95. The lowest BCUT2D eigenvalue weighted by molar-refractivity contribution is -0.153. The summed E-state index contributed by atoms with van der Waals surface area (Å²) in [6.07, 6.45) is 13.0. The lowest BCUT2D eigenvalue weighted by Crippen LogP contribution is -2.29. The Labute approximate surface area is 123 Å². The van der Waals surface area contributed by atoms with Crippen LogP contribution in [-0.4, -0.2) is 18.4 Å². The zero-order valence-electron chi connectivity index (χ0n) is 13.0. The number of carbonyl (C=O) groups is 2. The van der Waals surface area contributed by atoms with Crippen molar-refractivity contribution in [2.45, 2.75) is 84.0 Å². The summed E-state index contributed by atoms with van der Waals surface area (Å²) in [5, 5.41) is 0. The van der Waals surface area contributed by atoms with E-state index in [0.717, 1.165) is 25.7 Å². The van der Waals surface area contributed by atoms with Gasteiger partial charge in [0.25, 0.3) is 0 Å². The quantitative estimate of drug-likeness (QED) is 0.338. The van der Waals surface area contributed by atoms with Gasteiger partial charge < -0.3 is 4.74 Å². The van der Waals surface area contributed by atoms with Gasteiger partial charge in [0.2, 0.25) is 0 Å². The number of rotatable bonds is 10. The second-order valence-electron chi connectivity index (χ2n) is 5.91. The predicted octanol–water partition coefficient (Wildman–Crippen LogP) is 4.43. The Morgan fingerprint density at radius 1 is 1.05 bits per heavy atom. The van der Waals surface area contributed by atoms with Gasteiger partial charge in [0, 0.05) is 6.42 Å². The summed E-state index contributed by atoms with van der Waals surface area (Å²) < 4.78 is 5.24. The van der Waals surface area contributed by atoms with Crippen molar-refractivity contribution >= 4 is 11.8 Å². The normalized spacial score (nSPS) is 19.1. The van der Waals surface area contributed by atoms with E-state index in [-0.39, 0.29) is 11.8 Å². The first-order chi connectivity index (χ1) is 9.75. The van der Waals surface area contributed by atoms with Crippen LogP contribution in [0.25, 0.3) is 0 Å². The van der Waals surface area contributed by atoms with E-state index in [1.54, 1.807) is 0 Å². The monoisotopic (exact) mass is 282 g/mol. The summed E-state index contributed by atoms with van der Waals surface area (Å²) >= 11 is 0. The number of carbonyl (C=O) groups excluding carboxylic acids is 2. The summed E-state index contributed by atoms with van der Waals surface area (Å²) in [5.41, 5.74) is 0.